The van der Waals surface area contributed by atoms with Crippen LogP contribution in [0.1, 0.15) is 27.9 Å². The van der Waals surface area contributed by atoms with Crippen molar-refractivity contribution in [1.82, 2.24) is 10.3 Å². The lowest BCUT2D eigenvalue weighted by Gasteiger charge is -2.36. The van der Waals surface area contributed by atoms with Crippen molar-refractivity contribution in [2.75, 3.05) is 0 Å². The highest BCUT2D eigenvalue weighted by Gasteiger charge is 2.45. The van der Waals surface area contributed by atoms with E-state index in [9.17, 15) is 26.3 Å². The molecule has 3 aromatic carbocycles. The second-order valence-corrected chi connectivity index (χ2v) is 9.36. The zero-order valence-corrected chi connectivity index (χ0v) is 20.7. The molecule has 4 aromatic rings. The second-order valence-electron chi connectivity index (χ2n) is 8.92. The average molecular weight is 565 g/mol. The minimum Gasteiger partial charge on any atom is -0.395 e. The lowest BCUT2D eigenvalue weighted by atomic mass is 9.79. The fourth-order valence-electron chi connectivity index (χ4n) is 4.54. The van der Waals surface area contributed by atoms with Crippen LogP contribution in [0, 0.1) is 5.82 Å². The molecule has 0 saturated heterocycles. The van der Waals surface area contributed by atoms with E-state index in [4.69, 9.17) is 11.6 Å². The Morgan fingerprint density at radius 1 is 0.872 bits per heavy atom. The van der Waals surface area contributed by atoms with Gasteiger partial charge in [-0.25, -0.2) is 4.39 Å². The van der Waals surface area contributed by atoms with Crippen molar-refractivity contribution in [2.24, 2.45) is 0 Å². The van der Waals surface area contributed by atoms with Gasteiger partial charge in [0, 0.05) is 24.7 Å². The number of nitrogens with one attached hydrogen (secondary N) is 1. The summed E-state index contributed by atoms with van der Waals surface area (Å²) in [6.07, 6.45) is -7.37. The number of rotatable bonds is 7. The van der Waals surface area contributed by atoms with Crippen molar-refractivity contribution >= 4 is 11.6 Å². The van der Waals surface area contributed by atoms with Crippen molar-refractivity contribution in [2.45, 2.75) is 31.0 Å². The molecule has 0 aliphatic carbocycles. The Morgan fingerprint density at radius 3 is 2.31 bits per heavy atom. The maximum absolute atomic E-state index is 14.7. The van der Waals surface area contributed by atoms with Gasteiger partial charge in [-0.1, -0.05) is 54.1 Å². The number of aromatic nitrogens is 1. The van der Waals surface area contributed by atoms with Gasteiger partial charge < -0.3 is 9.47 Å². The summed E-state index contributed by atoms with van der Waals surface area (Å²) in [6, 6.07) is 18.3. The molecule has 1 unspecified atom stereocenters. The highest BCUT2D eigenvalue weighted by atomic mass is 35.5. The third-order valence-electron chi connectivity index (χ3n) is 6.29. The quantitative estimate of drug-likeness (QED) is 0.236. The zero-order valence-electron chi connectivity index (χ0n) is 19.9. The number of pyridine rings is 1. The van der Waals surface area contributed by atoms with Crippen molar-refractivity contribution in [3.05, 3.63) is 124 Å². The van der Waals surface area contributed by atoms with Gasteiger partial charge in [0.2, 0.25) is 0 Å². The molecule has 0 radical (unpaired) electrons. The van der Waals surface area contributed by atoms with Crippen LogP contribution in [0.3, 0.4) is 0 Å². The number of alkyl halides is 5. The van der Waals surface area contributed by atoms with Gasteiger partial charge in [-0.05, 0) is 47.5 Å². The van der Waals surface area contributed by atoms with Crippen molar-refractivity contribution in [1.29, 1.82) is 0 Å². The monoisotopic (exact) mass is 564 g/mol. The summed E-state index contributed by atoms with van der Waals surface area (Å²) >= 11 is 6.05. The molecule has 202 valence electrons. The molecule has 0 spiro atoms. The van der Waals surface area contributed by atoms with E-state index in [0.29, 0.717) is 11.6 Å². The summed E-state index contributed by atoms with van der Waals surface area (Å²) in [7, 11) is 0. The molecule has 0 saturated carbocycles. The van der Waals surface area contributed by atoms with E-state index in [-0.39, 0.29) is 46.3 Å². The summed E-state index contributed by atoms with van der Waals surface area (Å²) in [5, 5.41) is 3.47. The minimum absolute atomic E-state index is 0.0196. The standard InChI is InChI=1S/C28H19ClF6N2O2/c29-21-9-10-24(36-16-21)26(14-17-5-2-1-3-6-17,19-11-20(27(31,32)33)13-22(30)12-19)37-15-18-7-4-8-23-25(18)39-28(34,35)38-23/h1-13,16,37H,14-15H2. The molecule has 0 fully saturated rings. The Balaban J connectivity index is 1.68. The highest BCUT2D eigenvalue weighted by Crippen LogP contribution is 2.44. The van der Waals surface area contributed by atoms with Crippen LogP contribution in [-0.4, -0.2) is 11.3 Å². The van der Waals surface area contributed by atoms with Crippen LogP contribution in [0.4, 0.5) is 26.3 Å². The smallest absolute Gasteiger partial charge is 0.395 e. The molecule has 1 aromatic heterocycles. The lowest BCUT2D eigenvalue weighted by molar-refractivity contribution is -0.287. The molecule has 0 amide bonds. The molecule has 1 aliphatic heterocycles. The van der Waals surface area contributed by atoms with Crippen molar-refractivity contribution in [3.8, 4) is 11.5 Å². The first-order valence-electron chi connectivity index (χ1n) is 11.6. The number of fused-ring (bicyclic) bond motifs is 1. The number of benzene rings is 3. The van der Waals surface area contributed by atoms with Gasteiger partial charge in [0.25, 0.3) is 0 Å². The molecule has 39 heavy (non-hydrogen) atoms. The van der Waals surface area contributed by atoms with Crippen LogP contribution in [0.2, 0.25) is 5.02 Å². The topological polar surface area (TPSA) is 43.4 Å². The van der Waals surface area contributed by atoms with Gasteiger partial charge in [0.15, 0.2) is 11.5 Å². The molecular weight excluding hydrogens is 546 g/mol. The van der Waals surface area contributed by atoms with E-state index in [1.165, 1.54) is 36.5 Å². The van der Waals surface area contributed by atoms with Gasteiger partial charge in [0.05, 0.1) is 21.8 Å². The Kier molecular flexibility index (Phi) is 6.94. The maximum atomic E-state index is 14.7. The number of hydrogen-bond donors (Lipinski definition) is 1. The van der Waals surface area contributed by atoms with E-state index in [1.54, 1.807) is 30.3 Å². The fourth-order valence-corrected chi connectivity index (χ4v) is 4.65. The molecule has 2 heterocycles. The van der Waals surface area contributed by atoms with E-state index in [0.717, 1.165) is 12.1 Å². The third kappa shape index (κ3) is 5.67. The SMILES string of the molecule is Fc1cc(C(F)(F)F)cc(C(Cc2ccccc2)(NCc2cccc3c2OC(F)(F)O3)c2ccc(Cl)cn2)c1. The second kappa shape index (κ2) is 10.1. The number of halogens is 7. The Hall–Kier alpha value is -3.76. The van der Waals surface area contributed by atoms with Crippen LogP contribution in [0.25, 0.3) is 0 Å². The number of hydrogen-bond acceptors (Lipinski definition) is 4. The molecule has 1 N–H and O–H groups in total. The van der Waals surface area contributed by atoms with Crippen LogP contribution in [0.5, 0.6) is 11.5 Å². The van der Waals surface area contributed by atoms with Crippen LogP contribution in [0.15, 0.2) is 85.1 Å². The summed E-state index contributed by atoms with van der Waals surface area (Å²) in [5.74, 6) is -1.52. The van der Waals surface area contributed by atoms with Crippen molar-refractivity contribution in [3.63, 3.8) is 0 Å². The first kappa shape index (κ1) is 26.8. The van der Waals surface area contributed by atoms with E-state index in [1.807, 2.05) is 0 Å². The van der Waals surface area contributed by atoms with Crippen LogP contribution in [-0.2, 0) is 24.7 Å². The van der Waals surface area contributed by atoms with Gasteiger partial charge >= 0.3 is 12.5 Å². The normalized spacial score (nSPS) is 15.7. The first-order valence-corrected chi connectivity index (χ1v) is 12.0. The van der Waals surface area contributed by atoms with E-state index >= 15 is 0 Å². The van der Waals surface area contributed by atoms with Crippen molar-refractivity contribution < 1.29 is 35.8 Å². The zero-order chi connectivity index (χ0) is 27.8. The third-order valence-corrected chi connectivity index (χ3v) is 6.51. The van der Waals surface area contributed by atoms with Crippen LogP contribution >= 0.6 is 11.6 Å². The Labute approximate surface area is 224 Å². The molecule has 5 rings (SSSR count). The lowest BCUT2D eigenvalue weighted by Crippen LogP contribution is -2.46. The Bertz CT molecular complexity index is 1480. The molecule has 1 aliphatic rings. The Morgan fingerprint density at radius 2 is 1.62 bits per heavy atom. The van der Waals surface area contributed by atoms with Gasteiger partial charge in [-0.15, -0.1) is 8.78 Å². The molecule has 4 nitrogen and oxygen atoms in total. The highest BCUT2D eigenvalue weighted by molar-refractivity contribution is 6.30. The molecule has 11 heteroatoms. The maximum Gasteiger partial charge on any atom is 0.586 e. The molecule has 1 atom stereocenters. The van der Waals surface area contributed by atoms with E-state index in [2.05, 4.69) is 19.8 Å². The summed E-state index contributed by atoms with van der Waals surface area (Å²) < 4.78 is 92.9. The summed E-state index contributed by atoms with van der Waals surface area (Å²) in [6.45, 7) is -0.183. The van der Waals surface area contributed by atoms with Gasteiger partial charge in [-0.3, -0.25) is 10.3 Å². The number of para-hydroxylation sites is 1. The van der Waals surface area contributed by atoms with Gasteiger partial charge in [0.1, 0.15) is 5.82 Å². The molecular formula is C28H19ClF6N2O2. The summed E-state index contributed by atoms with van der Waals surface area (Å²) in [5.41, 5.74) is -1.69. The fraction of sp³-hybridized carbons (Fsp3) is 0.179. The number of ether oxygens (including phenoxy) is 2. The first-order chi connectivity index (χ1) is 18.5. The number of nitrogens with zero attached hydrogens (tertiary/aromatic N) is 1. The van der Waals surface area contributed by atoms with E-state index < -0.39 is 29.4 Å². The van der Waals surface area contributed by atoms with Gasteiger partial charge in [-0.2, -0.15) is 13.2 Å². The minimum atomic E-state index is -4.83. The summed E-state index contributed by atoms with van der Waals surface area (Å²) in [4.78, 5) is 4.38. The predicted molar refractivity (Wildman–Crippen MR) is 131 cm³/mol. The van der Waals surface area contributed by atoms with Crippen LogP contribution < -0.4 is 14.8 Å². The average Bonchev–Trinajstić information content (AvgIpc) is 3.21. The predicted octanol–water partition coefficient (Wildman–Crippen LogP) is 7.49. The molecule has 0 bridgehead atoms. The largest absolute Gasteiger partial charge is 0.586 e.